The van der Waals surface area contributed by atoms with Crippen molar-refractivity contribution in [2.24, 2.45) is 0 Å². The molecule has 0 saturated heterocycles. The van der Waals surface area contributed by atoms with Crippen molar-refractivity contribution >= 4 is 16.0 Å². The number of carboxylic acid groups (broad SMARTS) is 1. The molecule has 2 N–H and O–H groups in total. The first-order valence-electron chi connectivity index (χ1n) is 5.28. The minimum absolute atomic E-state index is 0.0335. The van der Waals surface area contributed by atoms with E-state index < -0.39 is 44.6 Å². The Morgan fingerprint density at radius 2 is 2.10 bits per heavy atom. The molecule has 0 spiro atoms. The van der Waals surface area contributed by atoms with Crippen molar-refractivity contribution in [1.82, 2.24) is 14.9 Å². The largest absolute Gasteiger partial charge is 0.478 e. The van der Waals surface area contributed by atoms with Gasteiger partial charge in [0.2, 0.25) is 16.4 Å². The molecule has 0 saturated carbocycles. The number of sulfonamides is 1. The molecule has 0 amide bonds. The van der Waals surface area contributed by atoms with E-state index in [1.54, 1.807) is 0 Å². The Morgan fingerprint density at radius 1 is 1.38 bits per heavy atom. The number of halogens is 2. The maximum Gasteiger partial charge on any atom is 0.335 e. The number of rotatable bonds is 5. The SMILES string of the molecule is O=C(O)c1cc(F)c(F)c(S(=O)(=O)NCc2ncon2)c1. The second-order valence-electron chi connectivity index (χ2n) is 3.75. The molecule has 112 valence electrons. The van der Waals surface area contributed by atoms with Crippen LogP contribution in [0.25, 0.3) is 0 Å². The molecular weight excluding hydrogens is 312 g/mol. The summed E-state index contributed by atoms with van der Waals surface area (Å²) in [4.78, 5) is 13.2. The molecular formula is C10H7F2N3O5S. The van der Waals surface area contributed by atoms with Crippen LogP contribution >= 0.6 is 0 Å². The van der Waals surface area contributed by atoms with Crippen LogP contribution in [-0.4, -0.2) is 29.6 Å². The van der Waals surface area contributed by atoms with Crippen LogP contribution in [0.4, 0.5) is 8.78 Å². The monoisotopic (exact) mass is 319 g/mol. The summed E-state index contributed by atoms with van der Waals surface area (Å²) < 4.78 is 56.9. The van der Waals surface area contributed by atoms with Gasteiger partial charge >= 0.3 is 5.97 Å². The minimum atomic E-state index is -4.50. The smallest absolute Gasteiger partial charge is 0.335 e. The first-order chi connectivity index (χ1) is 9.81. The van der Waals surface area contributed by atoms with Crippen LogP contribution < -0.4 is 4.72 Å². The Hall–Kier alpha value is -2.40. The van der Waals surface area contributed by atoms with Gasteiger partial charge in [0.1, 0.15) is 4.90 Å². The van der Waals surface area contributed by atoms with E-state index >= 15 is 0 Å². The number of aromatic nitrogens is 2. The van der Waals surface area contributed by atoms with Crippen molar-refractivity contribution in [3.63, 3.8) is 0 Å². The highest BCUT2D eigenvalue weighted by molar-refractivity contribution is 7.89. The number of carbonyl (C=O) groups is 1. The van der Waals surface area contributed by atoms with Gasteiger partial charge in [0.25, 0.3) is 0 Å². The normalized spacial score (nSPS) is 11.5. The number of hydrogen-bond acceptors (Lipinski definition) is 6. The molecule has 0 bridgehead atoms. The average Bonchev–Trinajstić information content (AvgIpc) is 2.92. The summed E-state index contributed by atoms with van der Waals surface area (Å²) in [6.45, 7) is -0.433. The molecule has 1 aromatic heterocycles. The lowest BCUT2D eigenvalue weighted by Crippen LogP contribution is -2.25. The van der Waals surface area contributed by atoms with E-state index in [1.165, 1.54) is 0 Å². The molecule has 0 atom stereocenters. The molecule has 11 heteroatoms. The molecule has 21 heavy (non-hydrogen) atoms. The van der Waals surface area contributed by atoms with Gasteiger partial charge in [0.15, 0.2) is 17.5 Å². The van der Waals surface area contributed by atoms with Gasteiger partial charge in [-0.05, 0) is 12.1 Å². The predicted molar refractivity (Wildman–Crippen MR) is 61.6 cm³/mol. The lowest BCUT2D eigenvalue weighted by Gasteiger charge is -2.07. The topological polar surface area (TPSA) is 122 Å². The fourth-order valence-corrected chi connectivity index (χ4v) is 2.48. The van der Waals surface area contributed by atoms with E-state index in [2.05, 4.69) is 14.7 Å². The molecule has 1 heterocycles. The van der Waals surface area contributed by atoms with Crippen molar-refractivity contribution in [3.05, 3.63) is 41.5 Å². The zero-order valence-electron chi connectivity index (χ0n) is 10.1. The second-order valence-corrected chi connectivity index (χ2v) is 5.48. The molecule has 0 aliphatic heterocycles. The Labute approximate surface area is 116 Å². The van der Waals surface area contributed by atoms with E-state index in [9.17, 15) is 22.0 Å². The van der Waals surface area contributed by atoms with E-state index in [4.69, 9.17) is 5.11 Å². The first-order valence-corrected chi connectivity index (χ1v) is 6.77. The van der Waals surface area contributed by atoms with Gasteiger partial charge in [-0.1, -0.05) is 5.16 Å². The third-order valence-corrected chi connectivity index (χ3v) is 3.76. The molecule has 2 rings (SSSR count). The highest BCUT2D eigenvalue weighted by Crippen LogP contribution is 2.20. The van der Waals surface area contributed by atoms with E-state index in [0.717, 1.165) is 6.39 Å². The zero-order chi connectivity index (χ0) is 15.6. The number of carboxylic acids is 1. The van der Waals surface area contributed by atoms with Crippen LogP contribution in [0.1, 0.15) is 16.2 Å². The Kier molecular flexibility index (Phi) is 3.95. The summed E-state index contributed by atoms with van der Waals surface area (Å²) in [5.41, 5.74) is -0.700. The summed E-state index contributed by atoms with van der Waals surface area (Å²) in [7, 11) is -4.50. The van der Waals surface area contributed by atoms with Gasteiger partial charge in [-0.2, -0.15) is 4.98 Å². The molecule has 0 radical (unpaired) electrons. The lowest BCUT2D eigenvalue weighted by molar-refractivity contribution is 0.0696. The quantitative estimate of drug-likeness (QED) is 0.823. The molecule has 0 unspecified atom stereocenters. The summed E-state index contributed by atoms with van der Waals surface area (Å²) >= 11 is 0. The van der Waals surface area contributed by atoms with E-state index in [-0.39, 0.29) is 5.82 Å². The van der Waals surface area contributed by atoms with E-state index in [1.807, 2.05) is 4.72 Å². The Balaban J connectivity index is 2.37. The second kappa shape index (κ2) is 5.54. The van der Waals surface area contributed by atoms with Crippen LogP contribution in [0.15, 0.2) is 27.9 Å². The molecule has 0 aliphatic carbocycles. The van der Waals surface area contributed by atoms with Crippen molar-refractivity contribution < 1.29 is 31.6 Å². The summed E-state index contributed by atoms with van der Waals surface area (Å²) in [5.74, 6) is -4.90. The minimum Gasteiger partial charge on any atom is -0.478 e. The average molecular weight is 319 g/mol. The van der Waals surface area contributed by atoms with Gasteiger partial charge in [0.05, 0.1) is 12.1 Å². The molecule has 1 aromatic carbocycles. The van der Waals surface area contributed by atoms with Gasteiger partial charge in [-0.3, -0.25) is 0 Å². The number of benzene rings is 1. The van der Waals surface area contributed by atoms with Gasteiger partial charge in [0, 0.05) is 0 Å². The summed E-state index contributed by atoms with van der Waals surface area (Å²) in [5, 5.41) is 12.1. The first kappa shape index (κ1) is 15.0. The molecule has 2 aromatic rings. The van der Waals surface area contributed by atoms with Crippen molar-refractivity contribution in [3.8, 4) is 0 Å². The number of hydrogen-bond donors (Lipinski definition) is 2. The summed E-state index contributed by atoms with van der Waals surface area (Å²) in [6, 6.07) is 0.898. The Bertz CT molecular complexity index is 776. The third kappa shape index (κ3) is 3.20. The molecule has 0 aliphatic rings. The standard InChI is InChI=1S/C10H7F2N3O5S/c11-6-1-5(10(16)17)2-7(9(6)12)21(18,19)14-3-8-13-4-20-15-8/h1-2,4,14H,3H2,(H,16,17). The maximum atomic E-state index is 13.6. The number of aromatic carboxylic acids is 1. The lowest BCUT2D eigenvalue weighted by atomic mass is 10.2. The van der Waals surface area contributed by atoms with E-state index in [0.29, 0.717) is 12.1 Å². The molecule has 8 nitrogen and oxygen atoms in total. The highest BCUT2D eigenvalue weighted by atomic mass is 32.2. The van der Waals surface area contributed by atoms with Gasteiger partial charge in [-0.15, -0.1) is 0 Å². The van der Waals surface area contributed by atoms with Crippen LogP contribution in [-0.2, 0) is 16.6 Å². The van der Waals surface area contributed by atoms with Crippen LogP contribution in [0.2, 0.25) is 0 Å². The maximum absolute atomic E-state index is 13.6. The predicted octanol–water partition coefficient (Wildman–Crippen LogP) is 0.525. The molecule has 0 fully saturated rings. The Morgan fingerprint density at radius 3 is 2.67 bits per heavy atom. The van der Waals surface area contributed by atoms with Crippen molar-refractivity contribution in [1.29, 1.82) is 0 Å². The van der Waals surface area contributed by atoms with Crippen molar-refractivity contribution in [2.75, 3.05) is 0 Å². The summed E-state index contributed by atoms with van der Waals surface area (Å²) in [6.07, 6.45) is 0.953. The number of nitrogens with one attached hydrogen (secondary N) is 1. The van der Waals surface area contributed by atoms with Gasteiger partial charge in [-0.25, -0.2) is 26.7 Å². The number of nitrogens with zero attached hydrogens (tertiary/aromatic N) is 2. The van der Waals surface area contributed by atoms with Crippen LogP contribution in [0.3, 0.4) is 0 Å². The van der Waals surface area contributed by atoms with Crippen molar-refractivity contribution in [2.45, 2.75) is 11.4 Å². The van der Waals surface area contributed by atoms with Crippen LogP contribution in [0.5, 0.6) is 0 Å². The van der Waals surface area contributed by atoms with Crippen LogP contribution in [0, 0.1) is 11.6 Å². The highest BCUT2D eigenvalue weighted by Gasteiger charge is 2.24. The fraction of sp³-hybridized carbons (Fsp3) is 0.100. The fourth-order valence-electron chi connectivity index (χ4n) is 1.39. The zero-order valence-corrected chi connectivity index (χ0v) is 10.9. The van der Waals surface area contributed by atoms with Gasteiger partial charge < -0.3 is 9.63 Å². The third-order valence-electron chi connectivity index (χ3n) is 2.36.